The number of hydrogen-bond acceptors (Lipinski definition) is 7. The number of ether oxygens (including phenoxy) is 4. The molecule has 7 nitrogen and oxygen atoms in total. The molecule has 2 aromatic rings. The van der Waals surface area contributed by atoms with Gasteiger partial charge in [0, 0.05) is 25.7 Å². The smallest absolute Gasteiger partial charge is 0.351 e. The number of rotatable bonds is 8. The predicted octanol–water partition coefficient (Wildman–Crippen LogP) is 3.71. The third kappa shape index (κ3) is 4.77. The van der Waals surface area contributed by atoms with Crippen molar-refractivity contribution in [2.45, 2.75) is 50.4 Å². The highest BCUT2D eigenvalue weighted by molar-refractivity contribution is 5.90. The van der Waals surface area contributed by atoms with Crippen LogP contribution in [-0.2, 0) is 23.8 Å². The molecule has 0 N–H and O–H groups in total. The largest absolute Gasteiger partial charge is 0.494 e. The molecule has 2 bridgehead atoms. The second-order valence-corrected chi connectivity index (χ2v) is 8.24. The summed E-state index contributed by atoms with van der Waals surface area (Å²) in [6, 6.07) is 18.2. The van der Waals surface area contributed by atoms with Crippen LogP contribution in [0.2, 0.25) is 0 Å². The van der Waals surface area contributed by atoms with E-state index in [9.17, 15) is 14.4 Å². The van der Waals surface area contributed by atoms with Crippen LogP contribution >= 0.6 is 0 Å². The average molecular weight is 438 g/mol. The van der Waals surface area contributed by atoms with E-state index in [0.717, 1.165) is 5.75 Å². The molecule has 4 atom stereocenters. The lowest BCUT2D eigenvalue weighted by molar-refractivity contribution is -0.172. The molecule has 1 saturated heterocycles. The van der Waals surface area contributed by atoms with E-state index in [2.05, 4.69) is 0 Å². The van der Waals surface area contributed by atoms with E-state index in [1.54, 1.807) is 24.3 Å². The van der Waals surface area contributed by atoms with Gasteiger partial charge in [-0.2, -0.15) is 0 Å². The lowest BCUT2D eigenvalue weighted by Gasteiger charge is -2.38. The highest BCUT2D eigenvalue weighted by Gasteiger charge is 2.61. The van der Waals surface area contributed by atoms with Crippen molar-refractivity contribution in [1.29, 1.82) is 0 Å². The second-order valence-electron chi connectivity index (χ2n) is 8.24. The highest BCUT2D eigenvalue weighted by atomic mass is 16.6. The van der Waals surface area contributed by atoms with Crippen LogP contribution < -0.4 is 4.74 Å². The van der Waals surface area contributed by atoms with Gasteiger partial charge in [-0.1, -0.05) is 36.4 Å². The number of para-hydroxylation sites is 1. The molecule has 1 aliphatic carbocycles. The normalized spacial score (nSPS) is 26.2. The first-order valence-electron chi connectivity index (χ1n) is 10.8. The van der Waals surface area contributed by atoms with Crippen LogP contribution in [0.5, 0.6) is 5.75 Å². The second kappa shape index (κ2) is 9.42. The summed E-state index contributed by atoms with van der Waals surface area (Å²) in [6.45, 7) is 1.75. The summed E-state index contributed by atoms with van der Waals surface area (Å²) in [6.07, 6.45) is 0.471. The van der Waals surface area contributed by atoms with Crippen molar-refractivity contribution in [3.05, 3.63) is 66.2 Å². The van der Waals surface area contributed by atoms with Crippen molar-refractivity contribution >= 4 is 17.9 Å². The van der Waals surface area contributed by atoms with E-state index in [4.69, 9.17) is 18.9 Å². The molecule has 1 heterocycles. The minimum absolute atomic E-state index is 0.190. The number of esters is 3. The van der Waals surface area contributed by atoms with Crippen molar-refractivity contribution < 1.29 is 33.3 Å². The molecule has 32 heavy (non-hydrogen) atoms. The van der Waals surface area contributed by atoms with Crippen LogP contribution in [0.4, 0.5) is 0 Å². The molecule has 0 amide bonds. The van der Waals surface area contributed by atoms with E-state index in [0.29, 0.717) is 25.0 Å². The first kappa shape index (κ1) is 21.9. The Morgan fingerprint density at radius 3 is 2.41 bits per heavy atom. The van der Waals surface area contributed by atoms with E-state index in [1.165, 1.54) is 6.92 Å². The van der Waals surface area contributed by atoms with Crippen LogP contribution in [0.25, 0.3) is 0 Å². The van der Waals surface area contributed by atoms with Gasteiger partial charge in [-0.3, -0.25) is 4.79 Å². The van der Waals surface area contributed by atoms with Crippen LogP contribution in [0.15, 0.2) is 60.7 Å². The summed E-state index contributed by atoms with van der Waals surface area (Å²) in [5, 5.41) is 0. The standard InChI is InChI=1S/C25H26O7/c1-17(26)32-25-15-19(11-8-14-29-20-12-6-3-7-13-20)22(21(16-25)30-24(25)28)31-23(27)18-9-4-2-5-10-18/h2-7,9-10,12-13,19,21-22H,8,11,14-16H2,1H3/t19-,21+,22+,25-/m0/s1. The molecular formula is C25H26O7. The van der Waals surface area contributed by atoms with E-state index in [-0.39, 0.29) is 18.8 Å². The number of hydrogen-bond donors (Lipinski definition) is 0. The maximum Gasteiger partial charge on any atom is 0.351 e. The summed E-state index contributed by atoms with van der Waals surface area (Å²) in [5.41, 5.74) is -0.878. The molecule has 4 rings (SSSR count). The van der Waals surface area contributed by atoms with Crippen LogP contribution in [0.3, 0.4) is 0 Å². The average Bonchev–Trinajstić information content (AvgIpc) is 3.05. The Morgan fingerprint density at radius 1 is 1.03 bits per heavy atom. The minimum Gasteiger partial charge on any atom is -0.494 e. The van der Waals surface area contributed by atoms with Gasteiger partial charge in [0.25, 0.3) is 0 Å². The number of fused-ring (bicyclic) bond motifs is 2. The first-order valence-corrected chi connectivity index (χ1v) is 10.8. The predicted molar refractivity (Wildman–Crippen MR) is 114 cm³/mol. The van der Waals surface area contributed by atoms with E-state index < -0.39 is 35.7 Å². The molecule has 0 aromatic heterocycles. The summed E-state index contributed by atoms with van der Waals surface area (Å²) >= 11 is 0. The van der Waals surface area contributed by atoms with E-state index in [1.807, 2.05) is 36.4 Å². The molecular weight excluding hydrogens is 412 g/mol. The van der Waals surface area contributed by atoms with E-state index >= 15 is 0 Å². The maximum absolute atomic E-state index is 12.7. The quantitative estimate of drug-likeness (QED) is 0.353. The van der Waals surface area contributed by atoms with Gasteiger partial charge >= 0.3 is 17.9 Å². The molecule has 2 aromatic carbocycles. The lowest BCUT2D eigenvalue weighted by Crippen LogP contribution is -2.49. The SMILES string of the molecule is CC(=O)O[C@@]12C[C@H](CCCOc3ccccc3)[C@@H](OC(=O)c3ccccc3)[C@@H](C1)OC2=O. The van der Waals surface area contributed by atoms with Gasteiger partial charge in [0.2, 0.25) is 5.60 Å². The molecule has 2 fully saturated rings. The molecule has 7 heteroatoms. The van der Waals surface area contributed by atoms with Crippen molar-refractivity contribution in [3.63, 3.8) is 0 Å². The number of benzene rings is 2. The zero-order chi connectivity index (χ0) is 22.6. The summed E-state index contributed by atoms with van der Waals surface area (Å²) in [7, 11) is 0. The van der Waals surface area contributed by atoms with Crippen molar-refractivity contribution in [2.24, 2.45) is 5.92 Å². The van der Waals surface area contributed by atoms with Crippen molar-refractivity contribution in [2.75, 3.05) is 6.61 Å². The van der Waals surface area contributed by atoms with Gasteiger partial charge < -0.3 is 18.9 Å². The molecule has 1 saturated carbocycles. The van der Waals surface area contributed by atoms with Crippen LogP contribution in [-0.4, -0.2) is 42.3 Å². The zero-order valence-electron chi connectivity index (χ0n) is 17.9. The summed E-state index contributed by atoms with van der Waals surface area (Å²) in [5.74, 6) is -1.01. The Labute approximate surface area is 186 Å². The first-order chi connectivity index (χ1) is 15.5. The fourth-order valence-electron chi connectivity index (χ4n) is 4.54. The lowest BCUT2D eigenvalue weighted by atomic mass is 9.74. The molecule has 0 unspecified atom stereocenters. The Morgan fingerprint density at radius 2 is 1.72 bits per heavy atom. The summed E-state index contributed by atoms with van der Waals surface area (Å²) < 4.78 is 22.6. The Kier molecular flexibility index (Phi) is 6.44. The number of carbonyl (C=O) groups is 3. The van der Waals surface area contributed by atoms with Gasteiger partial charge in [-0.05, 0) is 37.1 Å². The van der Waals surface area contributed by atoms with Crippen molar-refractivity contribution in [1.82, 2.24) is 0 Å². The van der Waals surface area contributed by atoms with Crippen molar-refractivity contribution in [3.8, 4) is 5.75 Å². The molecule has 0 radical (unpaired) electrons. The topological polar surface area (TPSA) is 88.1 Å². The van der Waals surface area contributed by atoms with Gasteiger partial charge in [-0.15, -0.1) is 0 Å². The van der Waals surface area contributed by atoms with Gasteiger partial charge in [0.15, 0.2) is 0 Å². The Balaban J connectivity index is 1.46. The number of carbonyl (C=O) groups excluding carboxylic acids is 3. The van der Waals surface area contributed by atoms with Crippen LogP contribution in [0.1, 0.15) is 43.0 Å². The maximum atomic E-state index is 12.7. The van der Waals surface area contributed by atoms with Gasteiger partial charge in [-0.25, -0.2) is 9.59 Å². The monoisotopic (exact) mass is 438 g/mol. The fourth-order valence-corrected chi connectivity index (χ4v) is 4.54. The summed E-state index contributed by atoms with van der Waals surface area (Å²) in [4.78, 5) is 37.0. The minimum atomic E-state index is -1.31. The Hall–Kier alpha value is -3.35. The van der Waals surface area contributed by atoms with Crippen LogP contribution in [0, 0.1) is 5.92 Å². The molecule has 2 aliphatic rings. The van der Waals surface area contributed by atoms with Gasteiger partial charge in [0.05, 0.1) is 12.2 Å². The third-order valence-corrected chi connectivity index (χ3v) is 5.91. The Bertz CT molecular complexity index is 959. The molecule has 0 spiro atoms. The highest BCUT2D eigenvalue weighted by Crippen LogP contribution is 2.46. The molecule has 168 valence electrons. The third-order valence-electron chi connectivity index (χ3n) is 5.91. The van der Waals surface area contributed by atoms with Gasteiger partial charge in [0.1, 0.15) is 18.0 Å². The zero-order valence-corrected chi connectivity index (χ0v) is 17.9. The molecule has 1 aliphatic heterocycles. The fraction of sp³-hybridized carbons (Fsp3) is 0.400.